The van der Waals surface area contributed by atoms with Crippen molar-refractivity contribution in [2.45, 2.75) is 6.42 Å². The molecule has 0 saturated carbocycles. The Bertz CT molecular complexity index is 1380. The molecule has 9 heteroatoms. The Morgan fingerprint density at radius 1 is 0.969 bits per heavy atom. The first-order valence-electron chi connectivity index (χ1n) is 10.4. The van der Waals surface area contributed by atoms with Gasteiger partial charge in [-0.2, -0.15) is 0 Å². The van der Waals surface area contributed by atoms with Crippen LogP contribution in [-0.4, -0.2) is 64.2 Å². The molecule has 2 aromatic heterocycles. The predicted molar refractivity (Wildman–Crippen MR) is 121 cm³/mol. The number of ketones is 1. The summed E-state index contributed by atoms with van der Waals surface area (Å²) in [5.74, 6) is -0.575. The molecule has 1 fully saturated rings. The zero-order valence-corrected chi connectivity index (χ0v) is 17.9. The molecule has 1 aliphatic rings. The molecule has 0 radical (unpaired) electrons. The summed E-state index contributed by atoms with van der Waals surface area (Å²) in [6, 6.07) is 12.3. The first-order valence-corrected chi connectivity index (χ1v) is 10.8. The van der Waals surface area contributed by atoms with Crippen molar-refractivity contribution >= 4 is 45.3 Å². The van der Waals surface area contributed by atoms with Gasteiger partial charge in [-0.25, -0.2) is 4.79 Å². The van der Waals surface area contributed by atoms with E-state index in [1.165, 1.54) is 0 Å². The van der Waals surface area contributed by atoms with Gasteiger partial charge in [0.15, 0.2) is 11.4 Å². The monoisotopic (exact) mass is 452 g/mol. The van der Waals surface area contributed by atoms with Gasteiger partial charge in [-0.05, 0) is 42.5 Å². The zero-order valence-electron chi connectivity index (χ0n) is 17.2. The highest BCUT2D eigenvalue weighted by molar-refractivity contribution is 6.31. The van der Waals surface area contributed by atoms with Crippen molar-refractivity contribution in [1.29, 1.82) is 0 Å². The number of halogens is 1. The lowest BCUT2D eigenvalue weighted by Gasteiger charge is -2.34. The zero-order chi connectivity index (χ0) is 22.2. The van der Waals surface area contributed by atoms with E-state index in [0.717, 1.165) is 10.9 Å². The number of amides is 1. The van der Waals surface area contributed by atoms with Crippen LogP contribution < -0.4 is 5.76 Å². The third-order valence-corrected chi connectivity index (χ3v) is 6.11. The van der Waals surface area contributed by atoms with E-state index in [9.17, 15) is 14.4 Å². The quantitative estimate of drug-likeness (QED) is 0.452. The summed E-state index contributed by atoms with van der Waals surface area (Å²) in [4.78, 5) is 46.5. The summed E-state index contributed by atoms with van der Waals surface area (Å²) >= 11 is 6.03. The number of hydrogen-bond acceptors (Lipinski definition) is 5. The third kappa shape index (κ3) is 4.06. The third-order valence-electron chi connectivity index (χ3n) is 5.87. The number of rotatable bonds is 5. The van der Waals surface area contributed by atoms with Crippen LogP contribution in [0, 0.1) is 0 Å². The first kappa shape index (κ1) is 20.5. The first-order chi connectivity index (χ1) is 15.5. The molecule has 3 heterocycles. The lowest BCUT2D eigenvalue weighted by molar-refractivity contribution is 0.0624. The Balaban J connectivity index is 1.15. The Morgan fingerprint density at radius 3 is 2.56 bits per heavy atom. The number of hydrogen-bond donors (Lipinski definition) is 2. The summed E-state index contributed by atoms with van der Waals surface area (Å²) in [6.07, 6.45) is 0.358. The Hall–Kier alpha value is -3.36. The molecule has 2 N–H and O–H groups in total. The maximum absolute atomic E-state index is 12.9. The lowest BCUT2D eigenvalue weighted by atomic mass is 10.1. The van der Waals surface area contributed by atoms with E-state index >= 15 is 0 Å². The van der Waals surface area contributed by atoms with Crippen LogP contribution >= 0.6 is 11.6 Å². The van der Waals surface area contributed by atoms with Crippen molar-refractivity contribution in [1.82, 2.24) is 19.8 Å². The molecule has 4 aromatic rings. The van der Waals surface area contributed by atoms with Gasteiger partial charge in [0.1, 0.15) is 5.69 Å². The van der Waals surface area contributed by atoms with Gasteiger partial charge in [0.05, 0.1) is 5.52 Å². The van der Waals surface area contributed by atoms with Gasteiger partial charge < -0.3 is 14.3 Å². The smallest absolute Gasteiger partial charge is 0.408 e. The predicted octanol–water partition coefficient (Wildman–Crippen LogP) is 3.29. The lowest BCUT2D eigenvalue weighted by Crippen LogP contribution is -2.49. The van der Waals surface area contributed by atoms with Gasteiger partial charge in [-0.1, -0.05) is 11.6 Å². The maximum Gasteiger partial charge on any atom is 0.417 e. The number of carbonyl (C=O) groups excluding carboxylic acids is 2. The van der Waals surface area contributed by atoms with Crippen LogP contribution in [0.5, 0.6) is 0 Å². The second kappa shape index (κ2) is 8.29. The molecule has 0 aliphatic carbocycles. The van der Waals surface area contributed by atoms with Crippen molar-refractivity contribution in [3.63, 3.8) is 0 Å². The van der Waals surface area contributed by atoms with Crippen molar-refractivity contribution in [3.05, 3.63) is 69.3 Å². The van der Waals surface area contributed by atoms with Gasteiger partial charge in [0.2, 0.25) is 0 Å². The molecule has 2 aromatic carbocycles. The minimum Gasteiger partial charge on any atom is -0.408 e. The molecule has 1 saturated heterocycles. The molecule has 0 atom stereocenters. The molecular weight excluding hydrogens is 432 g/mol. The minimum absolute atomic E-state index is 0.00834. The number of oxazole rings is 1. The van der Waals surface area contributed by atoms with E-state index in [4.69, 9.17) is 16.0 Å². The van der Waals surface area contributed by atoms with Crippen LogP contribution in [0.15, 0.2) is 51.7 Å². The summed E-state index contributed by atoms with van der Waals surface area (Å²) < 4.78 is 5.03. The van der Waals surface area contributed by atoms with Crippen molar-refractivity contribution in [2.24, 2.45) is 0 Å². The van der Waals surface area contributed by atoms with Gasteiger partial charge in [-0.15, -0.1) is 0 Å². The van der Waals surface area contributed by atoms with Gasteiger partial charge in [0, 0.05) is 60.6 Å². The van der Waals surface area contributed by atoms with E-state index in [1.807, 2.05) is 23.1 Å². The molecule has 1 amide bonds. The Kier molecular flexibility index (Phi) is 5.32. The van der Waals surface area contributed by atoms with E-state index in [1.54, 1.807) is 24.3 Å². The average Bonchev–Trinajstić information content (AvgIpc) is 3.38. The highest BCUT2D eigenvalue weighted by atomic mass is 35.5. The van der Waals surface area contributed by atoms with Crippen molar-refractivity contribution in [3.8, 4) is 0 Å². The Labute approximate surface area is 187 Å². The molecular formula is C23H21ClN4O4. The average molecular weight is 453 g/mol. The molecule has 32 heavy (non-hydrogen) atoms. The minimum atomic E-state index is -0.534. The molecule has 1 aliphatic heterocycles. The SMILES string of the molecule is O=C(CCN1CCN(C(=O)c2cc3cc(Cl)ccc3[nH]2)CC1)c1ccc2[nH]c(=O)oc2c1. The van der Waals surface area contributed by atoms with Gasteiger partial charge in [-0.3, -0.25) is 19.5 Å². The van der Waals surface area contributed by atoms with Crippen LogP contribution in [0.1, 0.15) is 27.3 Å². The van der Waals surface area contributed by atoms with Crippen LogP contribution in [0.3, 0.4) is 0 Å². The number of nitrogens with zero attached hydrogens (tertiary/aromatic N) is 2. The van der Waals surface area contributed by atoms with Crippen molar-refractivity contribution in [2.75, 3.05) is 32.7 Å². The highest BCUT2D eigenvalue weighted by Gasteiger charge is 2.23. The van der Waals surface area contributed by atoms with Gasteiger partial charge >= 0.3 is 5.76 Å². The maximum atomic E-state index is 12.9. The van der Waals surface area contributed by atoms with Crippen LogP contribution in [-0.2, 0) is 0 Å². The standard InChI is InChI=1S/C23H21ClN4O4/c24-16-2-4-17-15(11-16)12-19(25-17)22(30)28-9-7-27(8-10-28)6-5-20(29)14-1-3-18-21(13-14)32-23(31)26-18/h1-4,11-13,25H,5-10H2,(H,26,31). The normalized spacial score (nSPS) is 15.0. The molecule has 0 spiro atoms. The van der Waals surface area contributed by atoms with Gasteiger partial charge in [0.25, 0.3) is 5.91 Å². The summed E-state index contributed by atoms with van der Waals surface area (Å²) in [5.41, 5.74) is 2.91. The van der Waals surface area contributed by atoms with Crippen LogP contribution in [0.25, 0.3) is 22.0 Å². The van der Waals surface area contributed by atoms with Crippen molar-refractivity contribution < 1.29 is 14.0 Å². The molecule has 0 bridgehead atoms. The second-order valence-electron chi connectivity index (χ2n) is 7.95. The fourth-order valence-corrected chi connectivity index (χ4v) is 4.27. The number of H-pyrrole nitrogens is 2. The fourth-order valence-electron chi connectivity index (χ4n) is 4.09. The number of aromatic nitrogens is 2. The van der Waals surface area contributed by atoms with E-state index in [-0.39, 0.29) is 11.7 Å². The molecule has 5 rings (SSSR count). The molecule has 164 valence electrons. The number of nitrogens with one attached hydrogen (secondary N) is 2. The Morgan fingerprint density at radius 2 is 1.75 bits per heavy atom. The number of benzene rings is 2. The second-order valence-corrected chi connectivity index (χ2v) is 8.38. The summed E-state index contributed by atoms with van der Waals surface area (Å²) in [6.45, 7) is 3.22. The van der Waals surface area contributed by atoms with E-state index in [0.29, 0.717) is 66.5 Å². The summed E-state index contributed by atoms with van der Waals surface area (Å²) in [7, 11) is 0. The van der Waals surface area contributed by atoms with Crippen LogP contribution in [0.2, 0.25) is 5.02 Å². The number of carbonyl (C=O) groups is 2. The van der Waals surface area contributed by atoms with E-state index in [2.05, 4.69) is 14.9 Å². The molecule has 0 unspecified atom stereocenters. The number of fused-ring (bicyclic) bond motifs is 2. The van der Waals surface area contributed by atoms with Crippen LogP contribution in [0.4, 0.5) is 0 Å². The number of piperazine rings is 1. The number of Topliss-reactive ketones (excluding diaryl/α,β-unsaturated/α-hetero) is 1. The van der Waals surface area contributed by atoms with E-state index < -0.39 is 5.76 Å². The summed E-state index contributed by atoms with van der Waals surface area (Å²) in [5, 5.41) is 1.55. The fraction of sp³-hybridized carbons (Fsp3) is 0.261. The number of aromatic amines is 2. The molecule has 8 nitrogen and oxygen atoms in total. The largest absolute Gasteiger partial charge is 0.417 e. The highest BCUT2D eigenvalue weighted by Crippen LogP contribution is 2.21. The topological polar surface area (TPSA) is 102 Å².